The van der Waals surface area contributed by atoms with Crippen LogP contribution in [0.25, 0.3) is 11.1 Å². The maximum atomic E-state index is 12.1. The van der Waals surface area contributed by atoms with Crippen molar-refractivity contribution in [1.82, 2.24) is 9.88 Å². The lowest BCUT2D eigenvalue weighted by Crippen LogP contribution is -2.47. The van der Waals surface area contributed by atoms with E-state index in [0.29, 0.717) is 36.9 Å². The molecule has 2 aliphatic rings. The summed E-state index contributed by atoms with van der Waals surface area (Å²) in [4.78, 5) is 30.3. The molecule has 2 saturated heterocycles. The Morgan fingerprint density at radius 2 is 1.67 bits per heavy atom. The minimum absolute atomic E-state index is 0.0169. The van der Waals surface area contributed by atoms with E-state index in [-0.39, 0.29) is 19.2 Å². The normalized spacial score (nSPS) is 19.1. The molecule has 0 saturated carbocycles. The number of benzene rings is 2. The average Bonchev–Trinajstić information content (AvgIpc) is 3.29. The van der Waals surface area contributed by atoms with Crippen LogP contribution in [0.5, 0.6) is 11.6 Å². The molecule has 5 rings (SSSR count). The Balaban J connectivity index is 1.21. The Morgan fingerprint density at radius 1 is 0.952 bits per heavy atom. The van der Waals surface area contributed by atoms with Crippen LogP contribution in [0.2, 0.25) is 0 Å². The Hall–Kier alpha value is -3.93. The van der Waals surface area contributed by atoms with Crippen molar-refractivity contribution in [3.8, 4) is 22.8 Å². The average molecular weight is 574 g/mol. The fourth-order valence-corrected chi connectivity index (χ4v) is 4.91. The highest BCUT2D eigenvalue weighted by Crippen LogP contribution is 2.30. The molecule has 2 aliphatic heterocycles. The highest BCUT2D eigenvalue weighted by Gasteiger charge is 2.34. The molecule has 0 aliphatic carbocycles. The molecule has 3 heterocycles. The topological polar surface area (TPSA) is 106 Å². The highest BCUT2D eigenvalue weighted by molar-refractivity contribution is 6.64. The van der Waals surface area contributed by atoms with E-state index in [1.807, 2.05) is 45.0 Å². The molecule has 10 nitrogen and oxygen atoms in total. The second-order valence-electron chi connectivity index (χ2n) is 11.0. The molecule has 2 fully saturated rings. The summed E-state index contributed by atoms with van der Waals surface area (Å²) in [6.45, 7) is 9.06. The van der Waals surface area contributed by atoms with E-state index in [1.165, 1.54) is 0 Å². The zero-order valence-corrected chi connectivity index (χ0v) is 24.5. The van der Waals surface area contributed by atoms with E-state index < -0.39 is 24.8 Å². The number of aryl methyl sites for hydroxylation is 1. The van der Waals surface area contributed by atoms with E-state index in [2.05, 4.69) is 18.0 Å². The van der Waals surface area contributed by atoms with Crippen LogP contribution in [-0.2, 0) is 35.0 Å². The first-order chi connectivity index (χ1) is 20.1. The zero-order chi connectivity index (χ0) is 29.9. The first-order valence-electron chi connectivity index (χ1n) is 13.9. The van der Waals surface area contributed by atoms with E-state index in [0.717, 1.165) is 27.9 Å². The number of nitrogens with zero attached hydrogens (tertiary/aromatic N) is 2. The standard InChI is InChI=1S/C31H35BN2O8/c1-20-22(17-37-24-11-9-23(10-12-24)32-41-29(35)15-34(5)16-30(36)42-32)7-6-8-26(20)27-13-14-28(33-21(27)2)38-18-25-19-39-31(3,4)40-25/h6-14,25H,15-19H2,1-5H3/t25-/m0/s1. The maximum Gasteiger partial charge on any atom is 0.636 e. The summed E-state index contributed by atoms with van der Waals surface area (Å²) in [5.41, 5.74) is 5.61. The van der Waals surface area contributed by atoms with Gasteiger partial charge in [0.15, 0.2) is 5.79 Å². The molecule has 0 bridgehead atoms. The van der Waals surface area contributed by atoms with E-state index >= 15 is 0 Å². The first-order valence-corrected chi connectivity index (χ1v) is 13.9. The van der Waals surface area contributed by atoms with Gasteiger partial charge < -0.3 is 28.3 Å². The van der Waals surface area contributed by atoms with Gasteiger partial charge in [0.05, 0.1) is 19.7 Å². The number of hydrogen-bond acceptors (Lipinski definition) is 10. The number of carbonyl (C=O) groups is 2. The quantitative estimate of drug-likeness (QED) is 0.373. The third kappa shape index (κ3) is 7.28. The monoisotopic (exact) mass is 574 g/mol. The SMILES string of the molecule is Cc1nc(OC[C@H]2COC(C)(C)O2)ccc1-c1cccc(COc2ccc(B3OC(=O)CN(C)CC(=O)O3)cc2)c1C. The highest BCUT2D eigenvalue weighted by atomic mass is 16.7. The Bertz CT molecular complexity index is 1430. The molecule has 11 heteroatoms. The molecule has 1 atom stereocenters. The summed E-state index contributed by atoms with van der Waals surface area (Å²) in [6, 6.07) is 17.0. The number of ether oxygens (including phenoxy) is 4. The van der Waals surface area contributed by atoms with Gasteiger partial charge in [-0.15, -0.1) is 0 Å². The van der Waals surface area contributed by atoms with E-state index in [9.17, 15) is 9.59 Å². The van der Waals surface area contributed by atoms with Crippen molar-refractivity contribution < 1.29 is 37.8 Å². The van der Waals surface area contributed by atoms with Gasteiger partial charge in [-0.25, -0.2) is 4.98 Å². The lowest BCUT2D eigenvalue weighted by Gasteiger charge is -2.22. The van der Waals surface area contributed by atoms with E-state index in [4.69, 9.17) is 28.3 Å². The summed E-state index contributed by atoms with van der Waals surface area (Å²) >= 11 is 0. The van der Waals surface area contributed by atoms with Crippen molar-refractivity contribution in [1.29, 1.82) is 0 Å². The van der Waals surface area contributed by atoms with Crippen molar-refractivity contribution in [2.24, 2.45) is 0 Å². The van der Waals surface area contributed by atoms with Gasteiger partial charge in [-0.3, -0.25) is 14.5 Å². The predicted molar refractivity (Wildman–Crippen MR) is 155 cm³/mol. The second-order valence-corrected chi connectivity index (χ2v) is 11.0. The van der Waals surface area contributed by atoms with Crippen LogP contribution in [0.1, 0.15) is 30.7 Å². The minimum atomic E-state index is -1.09. The van der Waals surface area contributed by atoms with Crippen LogP contribution in [-0.4, -0.2) is 74.2 Å². The van der Waals surface area contributed by atoms with Crippen LogP contribution in [0.15, 0.2) is 54.6 Å². The summed E-state index contributed by atoms with van der Waals surface area (Å²) in [5, 5.41) is 0. The summed E-state index contributed by atoms with van der Waals surface area (Å²) < 4.78 is 34.0. The van der Waals surface area contributed by atoms with Crippen molar-refractivity contribution in [3.05, 3.63) is 71.4 Å². The molecule has 0 N–H and O–H groups in total. The van der Waals surface area contributed by atoms with Crippen molar-refractivity contribution in [2.75, 3.05) is 33.4 Å². The molecule has 0 radical (unpaired) electrons. The number of pyridine rings is 1. The molecular formula is C31H35BN2O8. The molecule has 220 valence electrons. The van der Waals surface area contributed by atoms with Crippen molar-refractivity contribution in [2.45, 2.75) is 46.2 Å². The lowest BCUT2D eigenvalue weighted by molar-refractivity contribution is -0.145. The third-order valence-corrected chi connectivity index (χ3v) is 7.10. The molecule has 2 aromatic carbocycles. The molecule has 0 amide bonds. The maximum absolute atomic E-state index is 12.1. The summed E-state index contributed by atoms with van der Waals surface area (Å²) in [5.74, 6) is -0.338. The molecule has 0 spiro atoms. The number of likely N-dealkylation sites (N-methyl/N-ethyl adjacent to an activating group) is 1. The molecule has 0 unspecified atom stereocenters. The van der Waals surface area contributed by atoms with Crippen molar-refractivity contribution in [3.63, 3.8) is 0 Å². The molecule has 1 aromatic heterocycles. The van der Waals surface area contributed by atoms with Gasteiger partial charge in [0.1, 0.15) is 25.1 Å². The Kier molecular flexibility index (Phi) is 8.81. The first kappa shape index (κ1) is 29.6. The fourth-order valence-electron chi connectivity index (χ4n) is 4.91. The smallest absolute Gasteiger partial charge is 0.494 e. The zero-order valence-electron chi connectivity index (χ0n) is 24.5. The van der Waals surface area contributed by atoms with Crippen LogP contribution >= 0.6 is 0 Å². The van der Waals surface area contributed by atoms with Crippen LogP contribution < -0.4 is 14.9 Å². The number of carbonyl (C=O) groups excluding carboxylic acids is 2. The van der Waals surface area contributed by atoms with Crippen molar-refractivity contribution >= 4 is 24.5 Å². The Labute approximate surface area is 246 Å². The number of rotatable bonds is 8. The predicted octanol–water partition coefficient (Wildman–Crippen LogP) is 3.20. The molecule has 3 aromatic rings. The molecular weight excluding hydrogens is 539 g/mol. The summed E-state index contributed by atoms with van der Waals surface area (Å²) in [7, 11) is 0.568. The van der Waals surface area contributed by atoms with Gasteiger partial charge in [-0.05, 0) is 69.6 Å². The van der Waals surface area contributed by atoms with Crippen LogP contribution in [0, 0.1) is 13.8 Å². The fraction of sp³-hybridized carbons (Fsp3) is 0.387. The van der Waals surface area contributed by atoms with Gasteiger partial charge in [0.2, 0.25) is 5.88 Å². The Morgan fingerprint density at radius 3 is 2.31 bits per heavy atom. The van der Waals surface area contributed by atoms with Crippen LogP contribution in [0.3, 0.4) is 0 Å². The molecule has 42 heavy (non-hydrogen) atoms. The second kappa shape index (κ2) is 12.5. The lowest BCUT2D eigenvalue weighted by atomic mass is 9.78. The van der Waals surface area contributed by atoms with Gasteiger partial charge in [0.25, 0.3) is 0 Å². The van der Waals surface area contributed by atoms with E-state index in [1.54, 1.807) is 36.2 Å². The van der Waals surface area contributed by atoms with Gasteiger partial charge in [0, 0.05) is 22.8 Å². The largest absolute Gasteiger partial charge is 0.636 e. The number of hydrogen-bond donors (Lipinski definition) is 0. The number of aromatic nitrogens is 1. The van der Waals surface area contributed by atoms with Gasteiger partial charge in [-0.2, -0.15) is 0 Å². The summed E-state index contributed by atoms with van der Waals surface area (Å²) in [6.07, 6.45) is -0.129. The van der Waals surface area contributed by atoms with Crippen LogP contribution in [0.4, 0.5) is 0 Å². The van der Waals surface area contributed by atoms with Gasteiger partial charge in [-0.1, -0.05) is 30.3 Å². The third-order valence-electron chi connectivity index (χ3n) is 7.10. The minimum Gasteiger partial charge on any atom is -0.494 e. The van der Waals surface area contributed by atoms with Gasteiger partial charge >= 0.3 is 19.1 Å².